The predicted molar refractivity (Wildman–Crippen MR) is 79.7 cm³/mol. The van der Waals surface area contributed by atoms with E-state index in [-0.39, 0.29) is 5.97 Å². The third-order valence-corrected chi connectivity index (χ3v) is 3.57. The molecule has 0 saturated carbocycles. The highest BCUT2D eigenvalue weighted by molar-refractivity contribution is 5.97. The Kier molecular flexibility index (Phi) is 5.21. The van der Waals surface area contributed by atoms with Crippen molar-refractivity contribution < 1.29 is 9.53 Å². The number of carbonyl (C=O) groups is 1. The molecule has 0 heterocycles. The van der Waals surface area contributed by atoms with Gasteiger partial charge in [-0.15, -0.1) is 0 Å². The number of aryl methyl sites for hydroxylation is 1. The van der Waals surface area contributed by atoms with Crippen molar-refractivity contribution in [2.45, 2.75) is 40.2 Å². The van der Waals surface area contributed by atoms with Crippen LogP contribution in [-0.2, 0) is 4.74 Å². The zero-order chi connectivity index (χ0) is 14.6. The smallest absolute Gasteiger partial charge is 0.340 e. The van der Waals surface area contributed by atoms with Crippen molar-refractivity contribution in [1.82, 2.24) is 0 Å². The molecule has 1 aromatic rings. The average Bonchev–Trinajstić information content (AvgIpc) is 2.41. The van der Waals surface area contributed by atoms with E-state index in [4.69, 9.17) is 10.5 Å². The molecule has 4 nitrogen and oxygen atoms in total. The van der Waals surface area contributed by atoms with E-state index in [1.54, 1.807) is 0 Å². The van der Waals surface area contributed by atoms with Crippen LogP contribution in [0.5, 0.6) is 0 Å². The number of ether oxygens (including phenoxy) is 1. The molecule has 0 aromatic heterocycles. The first-order valence-corrected chi connectivity index (χ1v) is 6.71. The van der Waals surface area contributed by atoms with Gasteiger partial charge >= 0.3 is 5.97 Å². The number of hydrogen-bond donors (Lipinski definition) is 1. The van der Waals surface area contributed by atoms with Crippen LogP contribution in [0.2, 0.25) is 0 Å². The van der Waals surface area contributed by atoms with Gasteiger partial charge in [0.15, 0.2) is 0 Å². The summed E-state index contributed by atoms with van der Waals surface area (Å²) in [5.74, 6) is -0.386. The molecule has 0 radical (unpaired) electrons. The molecule has 0 aliphatic carbocycles. The molecule has 0 amide bonds. The number of benzene rings is 1. The summed E-state index contributed by atoms with van der Waals surface area (Å²) in [6.45, 7) is 9.23. The van der Waals surface area contributed by atoms with E-state index >= 15 is 0 Å². The predicted octanol–water partition coefficient (Wildman–Crippen LogP) is 2.99. The van der Waals surface area contributed by atoms with Crippen LogP contribution in [-0.4, -0.2) is 25.7 Å². The van der Waals surface area contributed by atoms with Gasteiger partial charge in [-0.05, 0) is 44.9 Å². The van der Waals surface area contributed by atoms with Crippen LogP contribution >= 0.6 is 0 Å². The number of nitrogens with zero attached hydrogens (tertiary/aromatic N) is 1. The normalized spacial score (nSPS) is 12.1. The fourth-order valence-corrected chi connectivity index (χ4v) is 2.19. The number of rotatable bonds is 5. The largest absolute Gasteiger partial charge is 0.465 e. The SMILES string of the molecule is CCC(C)N(CC)c1cc(C)c(N)c(C(=O)OC)c1. The Balaban J connectivity index is 3.29. The lowest BCUT2D eigenvalue weighted by Gasteiger charge is -2.30. The molecule has 0 aliphatic heterocycles. The Bertz CT molecular complexity index is 458. The summed E-state index contributed by atoms with van der Waals surface area (Å²) < 4.78 is 4.79. The summed E-state index contributed by atoms with van der Waals surface area (Å²) >= 11 is 0. The molecule has 2 N–H and O–H groups in total. The minimum atomic E-state index is -0.386. The van der Waals surface area contributed by atoms with Crippen molar-refractivity contribution in [3.05, 3.63) is 23.3 Å². The van der Waals surface area contributed by atoms with E-state index in [2.05, 4.69) is 25.7 Å². The monoisotopic (exact) mass is 264 g/mol. The highest BCUT2D eigenvalue weighted by atomic mass is 16.5. The maximum absolute atomic E-state index is 11.8. The third kappa shape index (κ3) is 3.19. The zero-order valence-corrected chi connectivity index (χ0v) is 12.5. The molecule has 1 rings (SSSR count). The number of anilines is 2. The second kappa shape index (κ2) is 6.45. The molecule has 19 heavy (non-hydrogen) atoms. The highest BCUT2D eigenvalue weighted by Crippen LogP contribution is 2.27. The molecule has 1 aromatic carbocycles. The summed E-state index contributed by atoms with van der Waals surface area (Å²) in [7, 11) is 1.37. The Morgan fingerprint density at radius 3 is 2.53 bits per heavy atom. The standard InChI is InChI=1S/C15H24N2O2/c1-6-11(4)17(7-2)12-8-10(3)14(16)13(9-12)15(18)19-5/h8-9,11H,6-7,16H2,1-5H3. The summed E-state index contributed by atoms with van der Waals surface area (Å²) in [5.41, 5.74) is 8.82. The van der Waals surface area contributed by atoms with Crippen molar-refractivity contribution in [2.75, 3.05) is 24.3 Å². The van der Waals surface area contributed by atoms with E-state index in [1.807, 2.05) is 19.1 Å². The molecular formula is C15H24N2O2. The van der Waals surface area contributed by atoms with Crippen LogP contribution in [0.1, 0.15) is 43.1 Å². The average molecular weight is 264 g/mol. The number of methoxy groups -OCH3 is 1. The fraction of sp³-hybridized carbons (Fsp3) is 0.533. The third-order valence-electron chi connectivity index (χ3n) is 3.57. The second-order valence-corrected chi connectivity index (χ2v) is 4.76. The Morgan fingerprint density at radius 1 is 1.42 bits per heavy atom. The van der Waals surface area contributed by atoms with E-state index in [9.17, 15) is 4.79 Å². The lowest BCUT2D eigenvalue weighted by Crippen LogP contribution is -2.32. The maximum Gasteiger partial charge on any atom is 0.340 e. The lowest BCUT2D eigenvalue weighted by molar-refractivity contribution is 0.0602. The van der Waals surface area contributed by atoms with Gasteiger partial charge in [-0.25, -0.2) is 4.79 Å². The van der Waals surface area contributed by atoms with E-state index in [0.29, 0.717) is 17.3 Å². The maximum atomic E-state index is 11.8. The fourth-order valence-electron chi connectivity index (χ4n) is 2.19. The van der Waals surface area contributed by atoms with Crippen LogP contribution in [0.3, 0.4) is 0 Å². The van der Waals surface area contributed by atoms with Crippen molar-refractivity contribution >= 4 is 17.3 Å². The van der Waals surface area contributed by atoms with Crippen LogP contribution in [0.25, 0.3) is 0 Å². The van der Waals surface area contributed by atoms with Crippen LogP contribution in [0, 0.1) is 6.92 Å². The van der Waals surface area contributed by atoms with Crippen molar-refractivity contribution in [2.24, 2.45) is 0 Å². The Hall–Kier alpha value is -1.71. The summed E-state index contributed by atoms with van der Waals surface area (Å²) in [4.78, 5) is 14.0. The van der Waals surface area contributed by atoms with Gasteiger partial charge in [0.25, 0.3) is 0 Å². The van der Waals surface area contributed by atoms with Crippen LogP contribution < -0.4 is 10.6 Å². The molecule has 1 unspecified atom stereocenters. The first-order valence-electron chi connectivity index (χ1n) is 6.71. The molecule has 0 bridgehead atoms. The summed E-state index contributed by atoms with van der Waals surface area (Å²) in [5, 5.41) is 0. The van der Waals surface area contributed by atoms with Gasteiger partial charge in [0.1, 0.15) is 0 Å². The molecule has 0 saturated heterocycles. The topological polar surface area (TPSA) is 55.6 Å². The van der Waals surface area contributed by atoms with Gasteiger partial charge in [0.2, 0.25) is 0 Å². The van der Waals surface area contributed by atoms with E-state index in [1.165, 1.54) is 7.11 Å². The lowest BCUT2D eigenvalue weighted by atomic mass is 10.0. The molecule has 4 heteroatoms. The molecule has 106 valence electrons. The van der Waals surface area contributed by atoms with Gasteiger partial charge in [-0.3, -0.25) is 0 Å². The molecule has 0 fully saturated rings. The number of nitrogen functional groups attached to an aromatic ring is 1. The minimum absolute atomic E-state index is 0.386. The van der Waals surface area contributed by atoms with E-state index < -0.39 is 0 Å². The zero-order valence-electron chi connectivity index (χ0n) is 12.5. The molecule has 0 spiro atoms. The van der Waals surface area contributed by atoms with Gasteiger partial charge < -0.3 is 15.4 Å². The summed E-state index contributed by atoms with van der Waals surface area (Å²) in [6.07, 6.45) is 1.05. The van der Waals surface area contributed by atoms with Gasteiger partial charge in [-0.2, -0.15) is 0 Å². The number of nitrogens with two attached hydrogens (primary N) is 1. The number of hydrogen-bond acceptors (Lipinski definition) is 4. The van der Waals surface area contributed by atoms with Gasteiger partial charge in [0.05, 0.1) is 12.7 Å². The van der Waals surface area contributed by atoms with Crippen molar-refractivity contribution in [3.8, 4) is 0 Å². The minimum Gasteiger partial charge on any atom is -0.465 e. The van der Waals surface area contributed by atoms with Gasteiger partial charge in [0, 0.05) is 24.0 Å². The first kappa shape index (κ1) is 15.3. The second-order valence-electron chi connectivity index (χ2n) is 4.76. The van der Waals surface area contributed by atoms with E-state index in [0.717, 1.165) is 24.2 Å². The quantitative estimate of drug-likeness (QED) is 0.656. The van der Waals surface area contributed by atoms with Crippen molar-refractivity contribution in [1.29, 1.82) is 0 Å². The molecule has 1 atom stereocenters. The van der Waals surface area contributed by atoms with Crippen LogP contribution in [0.4, 0.5) is 11.4 Å². The Labute approximate surface area is 115 Å². The van der Waals surface area contributed by atoms with Crippen molar-refractivity contribution in [3.63, 3.8) is 0 Å². The molecular weight excluding hydrogens is 240 g/mol. The first-order chi connectivity index (χ1) is 8.96. The number of carbonyl (C=O) groups excluding carboxylic acids is 1. The van der Waals surface area contributed by atoms with Crippen LogP contribution in [0.15, 0.2) is 12.1 Å². The van der Waals surface area contributed by atoms with Gasteiger partial charge in [-0.1, -0.05) is 6.92 Å². The highest BCUT2D eigenvalue weighted by Gasteiger charge is 2.17. The number of esters is 1. The summed E-state index contributed by atoms with van der Waals surface area (Å²) in [6, 6.07) is 4.26. The molecule has 0 aliphatic rings. The Morgan fingerprint density at radius 2 is 2.05 bits per heavy atom.